The molecule has 2 rings (SSSR count). The number of nitrogens with zero attached hydrogens (tertiary/aromatic N) is 2. The van der Waals surface area contributed by atoms with Crippen molar-refractivity contribution in [1.82, 2.24) is 4.90 Å². The van der Waals surface area contributed by atoms with Gasteiger partial charge in [0.2, 0.25) is 0 Å². The predicted octanol–water partition coefficient (Wildman–Crippen LogP) is 7.11. The molecule has 0 unspecified atom stereocenters. The Hall–Kier alpha value is -2.14. The maximum atomic E-state index is 13.6. The van der Waals surface area contributed by atoms with Crippen molar-refractivity contribution < 1.29 is 13.5 Å². The summed E-state index contributed by atoms with van der Waals surface area (Å²) in [7, 11) is 1.87. The number of hydrogen-bond acceptors (Lipinski definition) is 2. The zero-order valence-electron chi connectivity index (χ0n) is 16.3. The number of alkyl halides is 2. The largest absolute Gasteiger partial charge is 0.457 e. The third-order valence-corrected chi connectivity index (χ3v) is 4.62. The smallest absolute Gasteiger partial charge is 0.267 e. The summed E-state index contributed by atoms with van der Waals surface area (Å²) >= 11 is 6.20. The number of hydrogen-bond donors (Lipinski definition) is 0. The summed E-state index contributed by atoms with van der Waals surface area (Å²) in [6.45, 7) is 8.61. The standard InChI is InChI=1S/C21H25ClF2N2O/c1-6-26(5)12-25-19-11-17(21(23)24)20(9-14(19)4)27-15-7-8-18(22)16(10-15)13(2)3/h7-13,21H,6H2,1-5H3/b25-12+. The van der Waals surface area contributed by atoms with E-state index in [9.17, 15) is 8.78 Å². The summed E-state index contributed by atoms with van der Waals surface area (Å²) in [5.41, 5.74) is 1.98. The zero-order valence-corrected chi connectivity index (χ0v) is 17.0. The lowest BCUT2D eigenvalue weighted by molar-refractivity contribution is 0.148. The van der Waals surface area contributed by atoms with Crippen molar-refractivity contribution in [3.63, 3.8) is 0 Å². The second-order valence-corrected chi connectivity index (χ2v) is 7.14. The van der Waals surface area contributed by atoms with Crippen molar-refractivity contribution in [2.75, 3.05) is 13.6 Å². The Bertz CT molecular complexity index is 822. The fraction of sp³-hybridized carbons (Fsp3) is 0.381. The van der Waals surface area contributed by atoms with Gasteiger partial charge in [-0.25, -0.2) is 13.8 Å². The van der Waals surface area contributed by atoms with Gasteiger partial charge in [0.15, 0.2) is 0 Å². The highest BCUT2D eigenvalue weighted by Gasteiger charge is 2.18. The van der Waals surface area contributed by atoms with Gasteiger partial charge in [-0.15, -0.1) is 0 Å². The molecule has 3 nitrogen and oxygen atoms in total. The van der Waals surface area contributed by atoms with Crippen molar-refractivity contribution in [3.8, 4) is 11.5 Å². The van der Waals surface area contributed by atoms with Gasteiger partial charge < -0.3 is 9.64 Å². The molecular weight excluding hydrogens is 370 g/mol. The lowest BCUT2D eigenvalue weighted by Gasteiger charge is -2.16. The van der Waals surface area contributed by atoms with Gasteiger partial charge >= 0.3 is 0 Å². The van der Waals surface area contributed by atoms with E-state index < -0.39 is 6.43 Å². The Morgan fingerprint density at radius 1 is 1.19 bits per heavy atom. The minimum absolute atomic E-state index is 0.127. The summed E-state index contributed by atoms with van der Waals surface area (Å²) in [5.74, 6) is 0.804. The summed E-state index contributed by atoms with van der Waals surface area (Å²) < 4.78 is 33.0. The molecule has 0 aliphatic carbocycles. The first kappa shape index (κ1) is 21.2. The molecule has 0 saturated carbocycles. The van der Waals surface area contributed by atoms with Gasteiger partial charge in [-0.1, -0.05) is 25.4 Å². The Kier molecular flexibility index (Phi) is 7.19. The van der Waals surface area contributed by atoms with Crippen LogP contribution in [0.4, 0.5) is 14.5 Å². The van der Waals surface area contributed by atoms with Crippen LogP contribution in [-0.4, -0.2) is 24.8 Å². The topological polar surface area (TPSA) is 24.8 Å². The van der Waals surface area contributed by atoms with E-state index in [1.165, 1.54) is 6.07 Å². The van der Waals surface area contributed by atoms with E-state index in [1.54, 1.807) is 30.6 Å². The van der Waals surface area contributed by atoms with Crippen molar-refractivity contribution in [1.29, 1.82) is 0 Å². The molecule has 0 atom stereocenters. The van der Waals surface area contributed by atoms with Crippen molar-refractivity contribution in [2.45, 2.75) is 40.0 Å². The van der Waals surface area contributed by atoms with Gasteiger partial charge in [-0.3, -0.25) is 0 Å². The molecule has 0 bridgehead atoms. The summed E-state index contributed by atoms with van der Waals surface area (Å²) in [4.78, 5) is 6.18. The van der Waals surface area contributed by atoms with Gasteiger partial charge in [-0.05, 0) is 61.2 Å². The summed E-state index contributed by atoms with van der Waals surface area (Å²) in [5, 5.41) is 0.632. The van der Waals surface area contributed by atoms with Crippen LogP contribution in [0.3, 0.4) is 0 Å². The van der Waals surface area contributed by atoms with Crippen LogP contribution in [0.25, 0.3) is 0 Å². The van der Waals surface area contributed by atoms with Gasteiger partial charge in [-0.2, -0.15) is 0 Å². The summed E-state index contributed by atoms with van der Waals surface area (Å²) in [6, 6.07) is 8.18. The van der Waals surface area contributed by atoms with Crippen LogP contribution < -0.4 is 4.74 Å². The highest BCUT2D eigenvalue weighted by atomic mass is 35.5. The number of halogens is 3. The van der Waals surface area contributed by atoms with Crippen LogP contribution >= 0.6 is 11.6 Å². The van der Waals surface area contributed by atoms with Crippen molar-refractivity contribution in [3.05, 3.63) is 52.0 Å². The first-order valence-corrected chi connectivity index (χ1v) is 9.25. The van der Waals surface area contributed by atoms with Crippen LogP contribution in [0.1, 0.15) is 49.8 Å². The van der Waals surface area contributed by atoms with E-state index in [0.29, 0.717) is 16.5 Å². The van der Waals surface area contributed by atoms with Gasteiger partial charge in [0.25, 0.3) is 6.43 Å². The van der Waals surface area contributed by atoms with Gasteiger partial charge in [0, 0.05) is 18.6 Å². The second kappa shape index (κ2) is 9.18. The van der Waals surface area contributed by atoms with E-state index in [-0.39, 0.29) is 17.2 Å². The molecule has 0 saturated heterocycles. The highest BCUT2D eigenvalue weighted by Crippen LogP contribution is 2.38. The predicted molar refractivity (Wildman–Crippen MR) is 108 cm³/mol. The lowest BCUT2D eigenvalue weighted by atomic mass is 10.0. The summed E-state index contributed by atoms with van der Waals surface area (Å²) in [6.07, 6.45) is -1.04. The molecule has 2 aromatic rings. The molecule has 0 fully saturated rings. The third kappa shape index (κ3) is 5.42. The number of aryl methyl sites for hydroxylation is 1. The van der Waals surface area contributed by atoms with E-state index in [1.807, 2.05) is 39.6 Å². The average molecular weight is 395 g/mol. The number of ether oxygens (including phenoxy) is 1. The monoisotopic (exact) mass is 394 g/mol. The maximum Gasteiger partial charge on any atom is 0.267 e. The first-order chi connectivity index (χ1) is 12.7. The molecule has 146 valence electrons. The molecular formula is C21H25ClF2N2O. The second-order valence-electron chi connectivity index (χ2n) is 6.74. The van der Waals surface area contributed by atoms with Crippen LogP contribution in [0.15, 0.2) is 35.3 Å². The third-order valence-electron chi connectivity index (χ3n) is 4.27. The number of aliphatic imine (C=N–C) groups is 1. The van der Waals surface area contributed by atoms with Crippen molar-refractivity contribution >= 4 is 23.6 Å². The Labute approximate surface area is 164 Å². The minimum atomic E-state index is -2.67. The van der Waals surface area contributed by atoms with Crippen LogP contribution in [0.5, 0.6) is 11.5 Å². The Morgan fingerprint density at radius 2 is 1.89 bits per heavy atom. The SMILES string of the molecule is CCN(C)/C=N/c1cc(C(F)F)c(Oc2ccc(Cl)c(C(C)C)c2)cc1C. The number of benzene rings is 2. The first-order valence-electron chi connectivity index (χ1n) is 8.87. The van der Waals surface area contributed by atoms with Crippen LogP contribution in [0, 0.1) is 6.92 Å². The van der Waals surface area contributed by atoms with E-state index in [4.69, 9.17) is 16.3 Å². The minimum Gasteiger partial charge on any atom is -0.457 e. The quantitative estimate of drug-likeness (QED) is 0.369. The fourth-order valence-corrected chi connectivity index (χ4v) is 2.82. The molecule has 0 heterocycles. The fourth-order valence-electron chi connectivity index (χ4n) is 2.48. The van der Waals surface area contributed by atoms with Crippen LogP contribution in [-0.2, 0) is 0 Å². The molecule has 0 radical (unpaired) electrons. The Balaban J connectivity index is 2.41. The van der Waals surface area contributed by atoms with Crippen LogP contribution in [0.2, 0.25) is 5.02 Å². The molecule has 0 aliphatic rings. The maximum absolute atomic E-state index is 13.6. The zero-order chi connectivity index (χ0) is 20.1. The Morgan fingerprint density at radius 3 is 2.48 bits per heavy atom. The van der Waals surface area contributed by atoms with Gasteiger partial charge in [0.05, 0.1) is 17.6 Å². The molecule has 2 aromatic carbocycles. The molecule has 0 amide bonds. The lowest BCUT2D eigenvalue weighted by Crippen LogP contribution is -2.14. The van der Waals surface area contributed by atoms with E-state index >= 15 is 0 Å². The average Bonchev–Trinajstić information content (AvgIpc) is 2.61. The van der Waals surface area contributed by atoms with E-state index in [0.717, 1.165) is 17.7 Å². The van der Waals surface area contributed by atoms with Gasteiger partial charge in [0.1, 0.15) is 11.5 Å². The normalized spacial score (nSPS) is 11.6. The number of rotatable bonds is 7. The molecule has 0 N–H and O–H groups in total. The molecule has 0 aromatic heterocycles. The molecule has 6 heteroatoms. The molecule has 27 heavy (non-hydrogen) atoms. The molecule has 0 spiro atoms. The molecule has 0 aliphatic heterocycles. The van der Waals surface area contributed by atoms with E-state index in [2.05, 4.69) is 4.99 Å². The highest BCUT2D eigenvalue weighted by molar-refractivity contribution is 6.31. The van der Waals surface area contributed by atoms with Crippen molar-refractivity contribution in [2.24, 2.45) is 4.99 Å².